The lowest BCUT2D eigenvalue weighted by molar-refractivity contribution is 0.0928. The van der Waals surface area contributed by atoms with Crippen LogP contribution in [0.25, 0.3) is 10.9 Å². The second-order valence-corrected chi connectivity index (χ2v) is 7.64. The molecule has 1 saturated heterocycles. The van der Waals surface area contributed by atoms with E-state index in [1.165, 1.54) is 10.9 Å². The number of carbonyl (C=O) groups is 1. The molecule has 1 atom stereocenters. The quantitative estimate of drug-likeness (QED) is 0.736. The Morgan fingerprint density at radius 2 is 2.14 bits per heavy atom. The van der Waals surface area contributed by atoms with Gasteiger partial charge in [-0.1, -0.05) is 23.4 Å². The maximum Gasteiger partial charge on any atom is 0.256 e. The number of nitrogens with one attached hydrogen (secondary N) is 1. The summed E-state index contributed by atoms with van der Waals surface area (Å²) in [6, 6.07) is 10.4. The summed E-state index contributed by atoms with van der Waals surface area (Å²) in [6.45, 7) is 7.24. The highest BCUT2D eigenvalue weighted by Crippen LogP contribution is 2.22. The second-order valence-electron chi connectivity index (χ2n) is 7.64. The van der Waals surface area contributed by atoms with Crippen LogP contribution in [0.15, 0.2) is 41.1 Å². The van der Waals surface area contributed by atoms with Crippen molar-refractivity contribution in [1.82, 2.24) is 20.4 Å². The molecule has 2 aromatic heterocycles. The van der Waals surface area contributed by atoms with Crippen molar-refractivity contribution < 1.29 is 9.32 Å². The Balaban J connectivity index is 1.37. The van der Waals surface area contributed by atoms with Crippen LogP contribution < -0.4 is 5.32 Å². The Morgan fingerprint density at radius 1 is 1.29 bits per heavy atom. The lowest BCUT2D eigenvalue weighted by Crippen LogP contribution is -2.40. The van der Waals surface area contributed by atoms with Crippen LogP contribution in [0.1, 0.15) is 40.2 Å². The molecule has 1 fully saturated rings. The number of fused-ring (bicyclic) bond motifs is 1. The summed E-state index contributed by atoms with van der Waals surface area (Å²) < 4.78 is 5.10. The molecule has 0 radical (unpaired) electrons. The molecule has 0 spiro atoms. The van der Waals surface area contributed by atoms with Gasteiger partial charge in [-0.2, -0.15) is 0 Å². The number of benzene rings is 1. The fourth-order valence-electron chi connectivity index (χ4n) is 4.13. The monoisotopic (exact) mass is 378 g/mol. The van der Waals surface area contributed by atoms with Crippen LogP contribution in [0.2, 0.25) is 0 Å². The van der Waals surface area contributed by atoms with E-state index in [1.807, 2.05) is 12.3 Å². The molecule has 0 aliphatic carbocycles. The fraction of sp³-hybridized carbons (Fsp3) is 0.409. The molecule has 1 aromatic carbocycles. The molecule has 3 aromatic rings. The van der Waals surface area contributed by atoms with E-state index in [-0.39, 0.29) is 5.91 Å². The molecule has 1 N–H and O–H groups in total. The maximum absolute atomic E-state index is 12.5. The Morgan fingerprint density at radius 3 is 2.96 bits per heavy atom. The number of nitrogens with zero attached hydrogens (tertiary/aromatic N) is 3. The first-order valence-corrected chi connectivity index (χ1v) is 9.88. The average molecular weight is 378 g/mol. The van der Waals surface area contributed by atoms with Gasteiger partial charge in [0.1, 0.15) is 11.3 Å². The number of carbonyl (C=O) groups excluding carboxylic acids is 1. The van der Waals surface area contributed by atoms with E-state index in [0.29, 0.717) is 29.5 Å². The van der Waals surface area contributed by atoms with Gasteiger partial charge in [0, 0.05) is 31.2 Å². The lowest BCUT2D eigenvalue weighted by atomic mass is 9.97. The number of aryl methyl sites for hydroxylation is 2. The fourth-order valence-corrected chi connectivity index (χ4v) is 4.13. The molecule has 3 heterocycles. The number of likely N-dealkylation sites (tertiary alicyclic amines) is 1. The van der Waals surface area contributed by atoms with Gasteiger partial charge in [0.15, 0.2) is 0 Å². The highest BCUT2D eigenvalue weighted by Gasteiger charge is 2.23. The van der Waals surface area contributed by atoms with Gasteiger partial charge in [0.05, 0.1) is 11.2 Å². The molecule has 1 aliphatic heterocycles. The normalized spacial score (nSPS) is 17.7. The van der Waals surface area contributed by atoms with E-state index >= 15 is 0 Å². The Bertz CT molecular complexity index is 957. The third-order valence-electron chi connectivity index (χ3n) is 5.55. The first kappa shape index (κ1) is 18.6. The largest absolute Gasteiger partial charge is 0.361 e. The highest BCUT2D eigenvalue weighted by atomic mass is 16.5. The Hall–Kier alpha value is -2.73. The van der Waals surface area contributed by atoms with Crippen LogP contribution in [0.5, 0.6) is 0 Å². The van der Waals surface area contributed by atoms with Gasteiger partial charge in [-0.25, -0.2) is 0 Å². The molecular weight excluding hydrogens is 352 g/mol. The summed E-state index contributed by atoms with van der Waals surface area (Å²) in [5.41, 5.74) is 3.56. The molecule has 4 rings (SSSR count). The summed E-state index contributed by atoms with van der Waals surface area (Å²) in [6.07, 6.45) is 4.17. The molecule has 28 heavy (non-hydrogen) atoms. The Labute approximate surface area is 164 Å². The molecule has 1 amide bonds. The van der Waals surface area contributed by atoms with Gasteiger partial charge in [-0.15, -0.1) is 0 Å². The summed E-state index contributed by atoms with van der Waals surface area (Å²) in [4.78, 5) is 19.4. The van der Waals surface area contributed by atoms with Crippen molar-refractivity contribution in [3.05, 3.63) is 59.1 Å². The smallest absolute Gasteiger partial charge is 0.256 e. The van der Waals surface area contributed by atoms with Crippen LogP contribution in [0, 0.1) is 19.8 Å². The molecule has 0 bridgehead atoms. The first-order chi connectivity index (χ1) is 13.6. The van der Waals surface area contributed by atoms with Gasteiger partial charge in [-0.3, -0.25) is 14.7 Å². The van der Waals surface area contributed by atoms with Gasteiger partial charge >= 0.3 is 0 Å². The number of hydrogen-bond donors (Lipinski definition) is 1. The van der Waals surface area contributed by atoms with Crippen molar-refractivity contribution >= 4 is 16.8 Å². The summed E-state index contributed by atoms with van der Waals surface area (Å²) in [5, 5.41) is 8.16. The predicted octanol–water partition coefficient (Wildman–Crippen LogP) is 3.48. The average Bonchev–Trinajstić information content (AvgIpc) is 3.05. The lowest BCUT2D eigenvalue weighted by Gasteiger charge is -2.33. The summed E-state index contributed by atoms with van der Waals surface area (Å²) >= 11 is 0. The minimum Gasteiger partial charge on any atom is -0.361 e. The van der Waals surface area contributed by atoms with E-state index in [9.17, 15) is 4.79 Å². The van der Waals surface area contributed by atoms with Crippen molar-refractivity contribution in [2.45, 2.75) is 33.2 Å². The number of aromatic nitrogens is 2. The van der Waals surface area contributed by atoms with Crippen molar-refractivity contribution in [2.75, 3.05) is 19.6 Å². The number of hydrogen-bond acceptors (Lipinski definition) is 5. The van der Waals surface area contributed by atoms with Gasteiger partial charge in [-0.05, 0) is 56.8 Å². The standard InChI is InChI=1S/C22H26N4O2/c1-15-21(16(2)28-25-15)22(27)24-12-17-6-5-11-26(13-17)14-18-9-10-23-20-8-4-3-7-19(18)20/h3-4,7-10,17H,5-6,11-14H2,1-2H3,(H,24,27). The molecule has 1 aliphatic rings. The van der Waals surface area contributed by atoms with Crippen LogP contribution >= 0.6 is 0 Å². The zero-order chi connectivity index (χ0) is 19.5. The predicted molar refractivity (Wildman–Crippen MR) is 108 cm³/mol. The second kappa shape index (κ2) is 8.10. The zero-order valence-corrected chi connectivity index (χ0v) is 16.4. The minimum absolute atomic E-state index is 0.0894. The van der Waals surface area contributed by atoms with E-state index < -0.39 is 0 Å². The number of piperidine rings is 1. The number of para-hydroxylation sites is 1. The SMILES string of the molecule is Cc1noc(C)c1C(=O)NCC1CCCN(Cc2ccnc3ccccc23)C1. The van der Waals surface area contributed by atoms with E-state index in [4.69, 9.17) is 4.52 Å². The van der Waals surface area contributed by atoms with Gasteiger partial charge in [0.2, 0.25) is 0 Å². The number of rotatable bonds is 5. The molecule has 6 heteroatoms. The van der Waals surface area contributed by atoms with Gasteiger partial charge < -0.3 is 9.84 Å². The maximum atomic E-state index is 12.5. The van der Waals surface area contributed by atoms with Gasteiger partial charge in [0.25, 0.3) is 5.91 Å². The van der Waals surface area contributed by atoms with E-state index in [1.54, 1.807) is 13.8 Å². The third kappa shape index (κ3) is 3.92. The molecule has 146 valence electrons. The highest BCUT2D eigenvalue weighted by molar-refractivity contribution is 5.96. The van der Waals surface area contributed by atoms with Crippen molar-refractivity contribution in [3.63, 3.8) is 0 Å². The van der Waals surface area contributed by atoms with E-state index in [0.717, 1.165) is 38.0 Å². The van der Waals surface area contributed by atoms with Crippen LogP contribution in [-0.4, -0.2) is 40.6 Å². The Kier molecular flexibility index (Phi) is 5.39. The van der Waals surface area contributed by atoms with Crippen molar-refractivity contribution in [3.8, 4) is 0 Å². The molecular formula is C22H26N4O2. The molecule has 1 unspecified atom stereocenters. The van der Waals surface area contributed by atoms with Crippen LogP contribution in [0.4, 0.5) is 0 Å². The summed E-state index contributed by atoms with van der Waals surface area (Å²) in [7, 11) is 0. The number of amides is 1. The van der Waals surface area contributed by atoms with Crippen molar-refractivity contribution in [2.24, 2.45) is 5.92 Å². The number of pyridine rings is 1. The zero-order valence-electron chi connectivity index (χ0n) is 16.4. The van der Waals surface area contributed by atoms with Crippen LogP contribution in [-0.2, 0) is 6.54 Å². The van der Waals surface area contributed by atoms with E-state index in [2.05, 4.69) is 44.6 Å². The van der Waals surface area contributed by atoms with Crippen LogP contribution in [0.3, 0.4) is 0 Å². The third-order valence-corrected chi connectivity index (χ3v) is 5.55. The molecule has 0 saturated carbocycles. The minimum atomic E-state index is -0.0894. The van der Waals surface area contributed by atoms with Crippen molar-refractivity contribution in [1.29, 1.82) is 0 Å². The summed E-state index contributed by atoms with van der Waals surface area (Å²) in [5.74, 6) is 0.935. The first-order valence-electron chi connectivity index (χ1n) is 9.88. The topological polar surface area (TPSA) is 71.3 Å². The molecule has 6 nitrogen and oxygen atoms in total.